The van der Waals surface area contributed by atoms with Crippen LogP contribution in [0.15, 0.2) is 34.9 Å². The zero-order chi connectivity index (χ0) is 17.2. The van der Waals surface area contributed by atoms with Crippen molar-refractivity contribution in [3.63, 3.8) is 0 Å². The fraction of sp³-hybridized carbons (Fsp3) is 0.526. The van der Waals surface area contributed by atoms with Crippen LogP contribution in [-0.4, -0.2) is 28.1 Å². The Balaban J connectivity index is 1.33. The molecule has 3 heterocycles. The summed E-state index contributed by atoms with van der Waals surface area (Å²) >= 11 is 0. The number of nitrogens with zero attached hydrogens (tertiary/aromatic N) is 2. The predicted octanol–water partition coefficient (Wildman–Crippen LogP) is 2.83. The van der Waals surface area contributed by atoms with Crippen LogP contribution in [0.5, 0.6) is 0 Å². The van der Waals surface area contributed by atoms with E-state index in [-0.39, 0.29) is 11.9 Å². The van der Waals surface area contributed by atoms with Crippen LogP contribution >= 0.6 is 0 Å². The Morgan fingerprint density at radius 3 is 2.72 bits per heavy atom. The zero-order valence-electron chi connectivity index (χ0n) is 14.4. The van der Waals surface area contributed by atoms with Crippen molar-refractivity contribution in [1.82, 2.24) is 20.8 Å². The van der Waals surface area contributed by atoms with Gasteiger partial charge in [-0.05, 0) is 50.7 Å². The second kappa shape index (κ2) is 6.96. The van der Waals surface area contributed by atoms with Gasteiger partial charge in [-0.1, -0.05) is 23.4 Å². The quantitative estimate of drug-likeness (QED) is 0.875. The van der Waals surface area contributed by atoms with Gasteiger partial charge >= 0.3 is 0 Å². The van der Waals surface area contributed by atoms with Crippen molar-refractivity contribution in [1.29, 1.82) is 0 Å². The van der Waals surface area contributed by atoms with Crippen LogP contribution in [0, 0.1) is 5.92 Å². The highest BCUT2D eigenvalue weighted by atomic mass is 16.5. The van der Waals surface area contributed by atoms with Gasteiger partial charge in [0.25, 0.3) is 5.89 Å². The standard InChI is InChI=1S/C19H24N4O2/c1-12(18-22-19(25-23-18)14-5-3-2-4-6-14)20-17(24)11-13-9-15-7-8-16(10-13)21-15/h2-6,12-13,15-16,21H,7-11H2,1H3,(H,20,24). The summed E-state index contributed by atoms with van der Waals surface area (Å²) < 4.78 is 5.32. The average molecular weight is 340 g/mol. The Morgan fingerprint density at radius 2 is 2.00 bits per heavy atom. The van der Waals surface area contributed by atoms with Gasteiger partial charge < -0.3 is 15.2 Å². The molecule has 2 fully saturated rings. The third-order valence-electron chi connectivity index (χ3n) is 5.27. The van der Waals surface area contributed by atoms with Crippen LogP contribution in [0.4, 0.5) is 0 Å². The van der Waals surface area contributed by atoms with E-state index in [1.165, 1.54) is 12.8 Å². The maximum atomic E-state index is 12.4. The fourth-order valence-corrected chi connectivity index (χ4v) is 4.08. The van der Waals surface area contributed by atoms with Gasteiger partial charge in [0, 0.05) is 24.1 Å². The van der Waals surface area contributed by atoms with Crippen molar-refractivity contribution < 1.29 is 9.32 Å². The van der Waals surface area contributed by atoms with Crippen molar-refractivity contribution >= 4 is 5.91 Å². The lowest BCUT2D eigenvalue weighted by atomic mass is 9.89. The number of carbonyl (C=O) groups excluding carboxylic acids is 1. The van der Waals surface area contributed by atoms with Crippen molar-refractivity contribution in [3.8, 4) is 11.5 Å². The first-order valence-corrected chi connectivity index (χ1v) is 9.12. The average Bonchev–Trinajstić information content (AvgIpc) is 3.22. The minimum atomic E-state index is -0.257. The van der Waals surface area contributed by atoms with Crippen LogP contribution in [-0.2, 0) is 4.79 Å². The molecule has 2 saturated heterocycles. The van der Waals surface area contributed by atoms with Crippen LogP contribution in [0.2, 0.25) is 0 Å². The molecular formula is C19H24N4O2. The molecule has 0 spiro atoms. The number of nitrogens with one attached hydrogen (secondary N) is 2. The van der Waals surface area contributed by atoms with E-state index in [1.807, 2.05) is 37.3 Å². The SMILES string of the molecule is CC(NC(=O)CC1CC2CCC(C1)N2)c1noc(-c2ccccc2)n1. The number of rotatable bonds is 5. The lowest BCUT2D eigenvalue weighted by Gasteiger charge is -2.28. The molecule has 1 aromatic carbocycles. The van der Waals surface area contributed by atoms with E-state index in [0.29, 0.717) is 36.1 Å². The summed E-state index contributed by atoms with van der Waals surface area (Å²) in [7, 11) is 0. The molecule has 2 aromatic rings. The van der Waals surface area contributed by atoms with Gasteiger partial charge in [0.1, 0.15) is 0 Å². The maximum Gasteiger partial charge on any atom is 0.257 e. The smallest absolute Gasteiger partial charge is 0.257 e. The molecule has 1 amide bonds. The highest BCUT2D eigenvalue weighted by molar-refractivity contribution is 5.76. The Bertz CT molecular complexity index is 718. The molecule has 132 valence electrons. The highest BCUT2D eigenvalue weighted by Gasteiger charge is 2.34. The molecule has 1 aromatic heterocycles. The van der Waals surface area contributed by atoms with Gasteiger partial charge in [0.2, 0.25) is 5.91 Å². The minimum absolute atomic E-state index is 0.0739. The van der Waals surface area contributed by atoms with Crippen molar-refractivity contribution in [2.45, 2.75) is 57.2 Å². The van der Waals surface area contributed by atoms with E-state index < -0.39 is 0 Å². The lowest BCUT2D eigenvalue weighted by Crippen LogP contribution is -2.40. The van der Waals surface area contributed by atoms with Gasteiger partial charge in [-0.2, -0.15) is 4.98 Å². The van der Waals surface area contributed by atoms with Gasteiger partial charge in [-0.15, -0.1) is 0 Å². The molecular weight excluding hydrogens is 316 g/mol. The molecule has 0 radical (unpaired) electrons. The van der Waals surface area contributed by atoms with E-state index in [0.717, 1.165) is 18.4 Å². The van der Waals surface area contributed by atoms with Gasteiger partial charge in [-0.25, -0.2) is 0 Å². The molecule has 2 aliphatic heterocycles. The summed E-state index contributed by atoms with van der Waals surface area (Å²) in [6.07, 6.45) is 5.31. The first kappa shape index (κ1) is 16.3. The Hall–Kier alpha value is -2.21. The molecule has 2 bridgehead atoms. The molecule has 6 nitrogen and oxygen atoms in total. The molecule has 2 aliphatic rings. The topological polar surface area (TPSA) is 80.0 Å². The summed E-state index contributed by atoms with van der Waals surface area (Å²) in [6.45, 7) is 1.89. The number of carbonyl (C=O) groups is 1. The minimum Gasteiger partial charge on any atom is -0.346 e. The fourth-order valence-electron chi connectivity index (χ4n) is 4.08. The largest absolute Gasteiger partial charge is 0.346 e. The molecule has 0 aliphatic carbocycles. The number of aromatic nitrogens is 2. The normalized spacial score (nSPS) is 26.4. The van der Waals surface area contributed by atoms with Crippen LogP contribution in [0.3, 0.4) is 0 Å². The van der Waals surface area contributed by atoms with E-state index in [4.69, 9.17) is 4.52 Å². The van der Waals surface area contributed by atoms with Crippen LogP contribution in [0.1, 0.15) is 50.9 Å². The zero-order valence-corrected chi connectivity index (χ0v) is 14.4. The second-order valence-electron chi connectivity index (χ2n) is 7.29. The monoisotopic (exact) mass is 340 g/mol. The summed E-state index contributed by atoms with van der Waals surface area (Å²) in [6, 6.07) is 10.6. The van der Waals surface area contributed by atoms with Gasteiger partial charge in [-0.3, -0.25) is 4.79 Å². The number of amides is 1. The molecule has 3 unspecified atom stereocenters. The second-order valence-corrected chi connectivity index (χ2v) is 7.29. The number of benzene rings is 1. The summed E-state index contributed by atoms with van der Waals surface area (Å²) in [5.74, 6) is 1.55. The first-order chi connectivity index (χ1) is 12.2. The summed E-state index contributed by atoms with van der Waals surface area (Å²) in [5.41, 5.74) is 0.880. The van der Waals surface area contributed by atoms with E-state index in [2.05, 4.69) is 20.8 Å². The number of fused-ring (bicyclic) bond motifs is 2. The number of hydrogen-bond acceptors (Lipinski definition) is 5. The Kier molecular flexibility index (Phi) is 4.53. The molecule has 6 heteroatoms. The van der Waals surface area contributed by atoms with Crippen LogP contribution < -0.4 is 10.6 Å². The summed E-state index contributed by atoms with van der Waals surface area (Å²) in [5, 5.41) is 10.6. The molecule has 2 N–H and O–H groups in total. The van der Waals surface area contributed by atoms with E-state index in [1.54, 1.807) is 0 Å². The van der Waals surface area contributed by atoms with E-state index in [9.17, 15) is 4.79 Å². The van der Waals surface area contributed by atoms with Crippen molar-refractivity contribution in [2.24, 2.45) is 5.92 Å². The Morgan fingerprint density at radius 1 is 1.28 bits per heavy atom. The maximum absolute atomic E-state index is 12.4. The number of hydrogen-bond donors (Lipinski definition) is 2. The number of piperidine rings is 1. The van der Waals surface area contributed by atoms with Gasteiger partial charge in [0.15, 0.2) is 5.82 Å². The molecule has 3 atom stereocenters. The van der Waals surface area contributed by atoms with Crippen LogP contribution in [0.25, 0.3) is 11.5 Å². The molecule has 25 heavy (non-hydrogen) atoms. The Labute approximate surface area is 147 Å². The highest BCUT2D eigenvalue weighted by Crippen LogP contribution is 2.32. The first-order valence-electron chi connectivity index (χ1n) is 9.12. The van der Waals surface area contributed by atoms with Crippen molar-refractivity contribution in [2.75, 3.05) is 0 Å². The lowest BCUT2D eigenvalue weighted by molar-refractivity contribution is -0.123. The summed E-state index contributed by atoms with van der Waals surface area (Å²) in [4.78, 5) is 16.8. The van der Waals surface area contributed by atoms with Gasteiger partial charge in [0.05, 0.1) is 6.04 Å². The third kappa shape index (κ3) is 3.74. The molecule has 0 saturated carbocycles. The van der Waals surface area contributed by atoms with E-state index >= 15 is 0 Å². The third-order valence-corrected chi connectivity index (χ3v) is 5.27. The molecule has 4 rings (SSSR count). The predicted molar refractivity (Wildman–Crippen MR) is 93.6 cm³/mol. The van der Waals surface area contributed by atoms with Crippen molar-refractivity contribution in [3.05, 3.63) is 36.2 Å².